The first-order valence-corrected chi connectivity index (χ1v) is 13.0. The molecule has 1 fully saturated rings. The molecule has 1 aliphatic rings. The number of sulfone groups is 1. The predicted octanol–water partition coefficient (Wildman–Crippen LogP) is 1.15. The summed E-state index contributed by atoms with van der Waals surface area (Å²) < 4.78 is 27.9. The van der Waals surface area contributed by atoms with Crippen molar-refractivity contribution in [2.24, 2.45) is 7.05 Å². The molecule has 184 valence electrons. The summed E-state index contributed by atoms with van der Waals surface area (Å²) >= 11 is 0. The molecule has 4 aromatic rings. The fraction of sp³-hybridized carbons (Fsp3) is 0.348. The van der Waals surface area contributed by atoms with Crippen LogP contribution in [0.5, 0.6) is 0 Å². The lowest BCUT2D eigenvalue weighted by Gasteiger charge is -2.13. The SMILES string of the molecule is Cc1nn(-c2ccnc(Nc3ccc4c(c3)c(S(C)(=O)=O)cn4C)n2)cc1CN1CC(O)C(O)C1. The molecule has 12 heteroatoms. The molecule has 0 amide bonds. The lowest BCUT2D eigenvalue weighted by Crippen LogP contribution is -2.22. The minimum atomic E-state index is -3.38. The third kappa shape index (κ3) is 4.65. The molecule has 3 aromatic heterocycles. The van der Waals surface area contributed by atoms with Crippen LogP contribution in [0.3, 0.4) is 0 Å². The summed E-state index contributed by atoms with van der Waals surface area (Å²) in [4.78, 5) is 11.1. The molecule has 1 aliphatic heterocycles. The molecule has 0 bridgehead atoms. The molecule has 1 saturated heterocycles. The van der Waals surface area contributed by atoms with Gasteiger partial charge in [-0.05, 0) is 25.1 Å². The van der Waals surface area contributed by atoms with Crippen molar-refractivity contribution in [3.8, 4) is 5.82 Å². The van der Waals surface area contributed by atoms with Crippen molar-refractivity contribution in [2.75, 3.05) is 24.7 Å². The highest BCUT2D eigenvalue weighted by Crippen LogP contribution is 2.28. The van der Waals surface area contributed by atoms with Gasteiger partial charge in [-0.25, -0.2) is 18.1 Å². The topological polar surface area (TPSA) is 138 Å². The Kier molecular flexibility index (Phi) is 5.83. The van der Waals surface area contributed by atoms with Gasteiger partial charge in [0, 0.05) is 79.7 Å². The number of fused-ring (bicyclic) bond motifs is 1. The summed E-state index contributed by atoms with van der Waals surface area (Å²) in [5.74, 6) is 0.912. The average Bonchev–Trinajstić information content (AvgIpc) is 3.43. The molecular weight excluding hydrogens is 470 g/mol. The van der Waals surface area contributed by atoms with Crippen LogP contribution in [0.25, 0.3) is 16.7 Å². The summed E-state index contributed by atoms with van der Waals surface area (Å²) in [7, 11) is -1.57. The van der Waals surface area contributed by atoms with Crippen molar-refractivity contribution in [1.82, 2.24) is 29.2 Å². The zero-order chi connectivity index (χ0) is 24.9. The minimum absolute atomic E-state index is 0.269. The Balaban J connectivity index is 1.39. The van der Waals surface area contributed by atoms with Crippen LogP contribution in [-0.2, 0) is 23.4 Å². The summed E-state index contributed by atoms with van der Waals surface area (Å²) in [5.41, 5.74) is 3.27. The third-order valence-corrected chi connectivity index (χ3v) is 7.34. The van der Waals surface area contributed by atoms with Gasteiger partial charge in [0.1, 0.15) is 0 Å². The van der Waals surface area contributed by atoms with E-state index in [1.807, 2.05) is 37.2 Å². The van der Waals surface area contributed by atoms with Crippen molar-refractivity contribution in [3.05, 3.63) is 54.1 Å². The van der Waals surface area contributed by atoms with Crippen LogP contribution in [0.2, 0.25) is 0 Å². The molecule has 4 heterocycles. The number of rotatable bonds is 6. The minimum Gasteiger partial charge on any atom is -0.389 e. The number of anilines is 2. The van der Waals surface area contributed by atoms with Crippen molar-refractivity contribution in [2.45, 2.75) is 30.6 Å². The first-order chi connectivity index (χ1) is 16.6. The van der Waals surface area contributed by atoms with E-state index < -0.39 is 22.0 Å². The van der Waals surface area contributed by atoms with Gasteiger partial charge in [-0.3, -0.25) is 4.90 Å². The highest BCUT2D eigenvalue weighted by atomic mass is 32.2. The molecule has 3 N–H and O–H groups in total. The molecule has 0 spiro atoms. The fourth-order valence-electron chi connectivity index (χ4n) is 4.38. The highest BCUT2D eigenvalue weighted by Gasteiger charge is 2.30. The van der Waals surface area contributed by atoms with Crippen LogP contribution in [0, 0.1) is 6.92 Å². The zero-order valence-electron chi connectivity index (χ0n) is 19.6. The molecule has 5 rings (SSSR count). The van der Waals surface area contributed by atoms with E-state index in [1.54, 1.807) is 33.8 Å². The van der Waals surface area contributed by atoms with Crippen LogP contribution in [0.1, 0.15) is 11.3 Å². The lowest BCUT2D eigenvalue weighted by atomic mass is 10.2. The second-order valence-electron chi connectivity index (χ2n) is 8.98. The normalized spacial score (nSPS) is 19.0. The van der Waals surface area contributed by atoms with Crippen LogP contribution in [0.4, 0.5) is 11.6 Å². The van der Waals surface area contributed by atoms with E-state index in [0.717, 1.165) is 16.8 Å². The quantitative estimate of drug-likeness (QED) is 0.358. The van der Waals surface area contributed by atoms with Gasteiger partial charge in [0.25, 0.3) is 0 Å². The Morgan fingerprint density at radius 3 is 2.60 bits per heavy atom. The number of β-amino-alcohol motifs (C(OH)–C–C–N with tert-alkyl or cyclic N) is 2. The average molecular weight is 498 g/mol. The third-order valence-electron chi connectivity index (χ3n) is 6.21. The molecule has 2 atom stereocenters. The van der Waals surface area contributed by atoms with Crippen LogP contribution in [-0.4, -0.2) is 79.4 Å². The number of aliphatic hydroxyl groups is 2. The number of hydrogen-bond acceptors (Lipinski definition) is 9. The van der Waals surface area contributed by atoms with Crippen molar-refractivity contribution >= 4 is 32.4 Å². The van der Waals surface area contributed by atoms with Crippen LogP contribution >= 0.6 is 0 Å². The number of aromatic nitrogens is 5. The van der Waals surface area contributed by atoms with Crippen molar-refractivity contribution in [3.63, 3.8) is 0 Å². The maximum atomic E-state index is 12.2. The summed E-state index contributed by atoms with van der Waals surface area (Å²) in [6, 6.07) is 7.22. The van der Waals surface area contributed by atoms with E-state index in [1.165, 1.54) is 6.26 Å². The van der Waals surface area contributed by atoms with E-state index in [0.29, 0.717) is 42.5 Å². The molecule has 11 nitrogen and oxygen atoms in total. The zero-order valence-corrected chi connectivity index (χ0v) is 20.4. The fourth-order valence-corrected chi connectivity index (χ4v) is 5.29. The number of nitrogens with zero attached hydrogens (tertiary/aromatic N) is 6. The van der Waals surface area contributed by atoms with Gasteiger partial charge in [-0.15, -0.1) is 0 Å². The smallest absolute Gasteiger partial charge is 0.229 e. The number of likely N-dealkylation sites (tertiary alicyclic amines) is 1. The Hall–Kier alpha value is -3.32. The summed E-state index contributed by atoms with van der Waals surface area (Å²) in [6.45, 7) is 3.31. The number of hydrogen-bond donors (Lipinski definition) is 3. The van der Waals surface area contributed by atoms with Gasteiger partial charge >= 0.3 is 0 Å². The number of benzene rings is 1. The van der Waals surface area contributed by atoms with Gasteiger partial charge in [0.05, 0.1) is 22.8 Å². The van der Waals surface area contributed by atoms with E-state index >= 15 is 0 Å². The Morgan fingerprint density at radius 2 is 1.89 bits per heavy atom. The van der Waals surface area contributed by atoms with Gasteiger partial charge in [0.2, 0.25) is 5.95 Å². The Morgan fingerprint density at radius 1 is 1.14 bits per heavy atom. The van der Waals surface area contributed by atoms with Crippen LogP contribution < -0.4 is 5.32 Å². The summed E-state index contributed by atoms with van der Waals surface area (Å²) in [6.07, 6.45) is 4.85. The van der Waals surface area contributed by atoms with Gasteiger partial charge in [0.15, 0.2) is 15.7 Å². The molecule has 2 unspecified atom stereocenters. The second-order valence-corrected chi connectivity index (χ2v) is 11.0. The largest absolute Gasteiger partial charge is 0.389 e. The monoisotopic (exact) mass is 497 g/mol. The standard InChI is InChI=1S/C23H27N7O4S/c1-14-15(9-29-11-19(31)20(32)12-29)10-30(27-14)22-6-7-24-23(26-22)25-16-4-5-18-17(8-16)21(13-28(18)2)35(3,33)34/h4-8,10,13,19-20,31-32H,9,11-12H2,1-3H3,(H,24,25,26). The molecule has 0 radical (unpaired) electrons. The van der Waals surface area contributed by atoms with Crippen molar-refractivity contribution < 1.29 is 18.6 Å². The van der Waals surface area contributed by atoms with Gasteiger partial charge in [-0.2, -0.15) is 10.1 Å². The van der Waals surface area contributed by atoms with E-state index in [-0.39, 0.29) is 4.90 Å². The van der Waals surface area contributed by atoms with E-state index in [9.17, 15) is 18.6 Å². The maximum Gasteiger partial charge on any atom is 0.229 e. The second kappa shape index (κ2) is 8.72. The maximum absolute atomic E-state index is 12.2. The van der Waals surface area contributed by atoms with Gasteiger partial charge < -0.3 is 20.1 Å². The molecule has 0 aliphatic carbocycles. The predicted molar refractivity (Wildman–Crippen MR) is 130 cm³/mol. The highest BCUT2D eigenvalue weighted by molar-refractivity contribution is 7.91. The molecule has 1 aromatic carbocycles. The first-order valence-electron chi connectivity index (χ1n) is 11.1. The lowest BCUT2D eigenvalue weighted by molar-refractivity contribution is 0.0572. The first kappa shape index (κ1) is 23.4. The number of aryl methyl sites for hydroxylation is 2. The Bertz CT molecular complexity index is 1500. The molecular formula is C23H27N7O4S. The number of aliphatic hydroxyl groups excluding tert-OH is 2. The Labute approximate surface area is 202 Å². The molecule has 35 heavy (non-hydrogen) atoms. The van der Waals surface area contributed by atoms with Crippen molar-refractivity contribution in [1.29, 1.82) is 0 Å². The van der Waals surface area contributed by atoms with E-state index in [2.05, 4.69) is 20.4 Å². The van der Waals surface area contributed by atoms with Gasteiger partial charge in [-0.1, -0.05) is 0 Å². The van der Waals surface area contributed by atoms with Crippen LogP contribution in [0.15, 0.2) is 47.8 Å². The van der Waals surface area contributed by atoms with E-state index in [4.69, 9.17) is 0 Å². The summed E-state index contributed by atoms with van der Waals surface area (Å²) in [5, 5.41) is 27.9. The molecule has 0 saturated carbocycles. The number of nitrogens with one attached hydrogen (secondary N) is 1.